The van der Waals surface area contributed by atoms with Gasteiger partial charge < -0.3 is 35.3 Å². The number of rotatable bonds is 20. The SMILES string of the molecule is C=CCCC(NC(=O)OCC1c2ccccc2-c2ccccc21)C(=O)OC(C)CNC(=O)C(CC=C)CC(=O)NCCOCCO. The minimum Gasteiger partial charge on any atom is -0.459 e. The summed E-state index contributed by atoms with van der Waals surface area (Å²) in [7, 11) is 0. The van der Waals surface area contributed by atoms with Crippen molar-refractivity contribution in [3.8, 4) is 11.1 Å². The Kier molecular flexibility index (Phi) is 15.0. The highest BCUT2D eigenvalue weighted by atomic mass is 16.6. The molecule has 4 N–H and O–H groups in total. The Morgan fingerprint density at radius 2 is 1.63 bits per heavy atom. The van der Waals surface area contributed by atoms with Gasteiger partial charge in [0.1, 0.15) is 18.8 Å². The summed E-state index contributed by atoms with van der Waals surface area (Å²) in [5, 5.41) is 16.8. The number of allylic oxidation sites excluding steroid dienone is 2. The number of aliphatic hydroxyl groups is 1. The number of carbonyl (C=O) groups is 4. The first-order chi connectivity index (χ1) is 22.3. The molecule has 3 rings (SSSR count). The van der Waals surface area contributed by atoms with Gasteiger partial charge in [0.15, 0.2) is 0 Å². The second-order valence-corrected chi connectivity index (χ2v) is 11.0. The van der Waals surface area contributed by atoms with Crippen molar-refractivity contribution in [2.45, 2.75) is 50.7 Å². The maximum atomic E-state index is 13.0. The van der Waals surface area contributed by atoms with Crippen LogP contribution >= 0.6 is 0 Å². The van der Waals surface area contributed by atoms with E-state index in [1.54, 1.807) is 19.1 Å². The molecule has 3 unspecified atom stereocenters. The van der Waals surface area contributed by atoms with Crippen LogP contribution in [0.5, 0.6) is 0 Å². The molecule has 0 aromatic heterocycles. The van der Waals surface area contributed by atoms with Gasteiger partial charge in [-0.15, -0.1) is 13.2 Å². The van der Waals surface area contributed by atoms with Gasteiger partial charge in [0, 0.05) is 18.9 Å². The lowest BCUT2D eigenvalue weighted by Crippen LogP contribution is -2.45. The normalized spacial score (nSPS) is 13.7. The smallest absolute Gasteiger partial charge is 0.407 e. The lowest BCUT2D eigenvalue weighted by Gasteiger charge is -2.22. The predicted molar refractivity (Wildman–Crippen MR) is 174 cm³/mol. The number of nitrogens with one attached hydrogen (secondary N) is 3. The van der Waals surface area contributed by atoms with Gasteiger partial charge in [-0.05, 0) is 48.4 Å². The summed E-state index contributed by atoms with van der Waals surface area (Å²) in [4.78, 5) is 51.0. The Morgan fingerprint density at radius 3 is 2.26 bits per heavy atom. The molecular formula is C35H45N3O8. The summed E-state index contributed by atoms with van der Waals surface area (Å²) in [6.07, 6.45) is 2.68. The topological polar surface area (TPSA) is 152 Å². The molecule has 0 saturated carbocycles. The summed E-state index contributed by atoms with van der Waals surface area (Å²) in [6, 6.07) is 15.0. The highest BCUT2D eigenvalue weighted by Crippen LogP contribution is 2.44. The van der Waals surface area contributed by atoms with Crippen molar-refractivity contribution in [2.75, 3.05) is 39.5 Å². The number of carbonyl (C=O) groups excluding carboxylic acids is 4. The Balaban J connectivity index is 1.49. The standard InChI is InChI=1S/C35H45N3O8/c1-4-6-16-31(38-35(43)45-23-30-28-14-9-7-12-26(28)27-13-8-10-15-29(27)30)34(42)46-24(3)22-37-33(41)25(11-5-2)21-32(40)36-17-19-44-20-18-39/h4-5,7-10,12-15,24-25,30-31,39H,1-2,6,11,16-23H2,3H3,(H,36,40)(H,37,41)(H,38,43). The number of aliphatic hydroxyl groups excluding tert-OH is 1. The lowest BCUT2D eigenvalue weighted by molar-refractivity contribution is -0.151. The average molecular weight is 636 g/mol. The Bertz CT molecular complexity index is 1300. The zero-order chi connectivity index (χ0) is 33.3. The average Bonchev–Trinajstić information content (AvgIpc) is 3.37. The van der Waals surface area contributed by atoms with Gasteiger partial charge in [0.05, 0.1) is 32.3 Å². The minimum atomic E-state index is -0.981. The molecule has 0 heterocycles. The summed E-state index contributed by atoms with van der Waals surface area (Å²) >= 11 is 0. The number of benzene rings is 2. The molecule has 0 aliphatic heterocycles. The van der Waals surface area contributed by atoms with Gasteiger partial charge in [0.2, 0.25) is 11.8 Å². The largest absolute Gasteiger partial charge is 0.459 e. The van der Waals surface area contributed by atoms with E-state index in [2.05, 4.69) is 41.2 Å². The van der Waals surface area contributed by atoms with Gasteiger partial charge in [-0.2, -0.15) is 0 Å². The Hall–Kier alpha value is -4.48. The fraction of sp³-hybridized carbons (Fsp3) is 0.429. The Labute approximate surface area is 270 Å². The zero-order valence-corrected chi connectivity index (χ0v) is 26.4. The highest BCUT2D eigenvalue weighted by molar-refractivity contribution is 5.86. The molecule has 3 amide bonds. The monoisotopic (exact) mass is 635 g/mol. The summed E-state index contributed by atoms with van der Waals surface area (Å²) in [6.45, 7) is 9.68. The lowest BCUT2D eigenvalue weighted by atomic mass is 9.98. The van der Waals surface area contributed by atoms with E-state index in [0.29, 0.717) is 6.42 Å². The van der Waals surface area contributed by atoms with Crippen molar-refractivity contribution in [1.82, 2.24) is 16.0 Å². The van der Waals surface area contributed by atoms with Gasteiger partial charge in [-0.3, -0.25) is 9.59 Å². The maximum Gasteiger partial charge on any atom is 0.407 e. The third-order valence-corrected chi connectivity index (χ3v) is 7.52. The number of hydrogen-bond acceptors (Lipinski definition) is 8. The molecule has 248 valence electrons. The molecule has 0 spiro atoms. The van der Waals surface area contributed by atoms with E-state index in [4.69, 9.17) is 19.3 Å². The van der Waals surface area contributed by atoms with Crippen LogP contribution in [0.15, 0.2) is 73.8 Å². The molecule has 1 aliphatic rings. The van der Waals surface area contributed by atoms with Crippen LogP contribution in [0.4, 0.5) is 4.79 Å². The third kappa shape index (κ3) is 10.8. The van der Waals surface area contributed by atoms with Gasteiger partial charge in [0.25, 0.3) is 0 Å². The molecule has 0 saturated heterocycles. The molecule has 46 heavy (non-hydrogen) atoms. The van der Waals surface area contributed by atoms with Crippen LogP contribution in [0.1, 0.15) is 49.7 Å². The fourth-order valence-electron chi connectivity index (χ4n) is 5.24. The number of fused-ring (bicyclic) bond motifs is 3. The van der Waals surface area contributed by atoms with E-state index >= 15 is 0 Å². The molecule has 1 aliphatic carbocycles. The molecule has 3 atom stereocenters. The van der Waals surface area contributed by atoms with E-state index < -0.39 is 30.1 Å². The van der Waals surface area contributed by atoms with E-state index in [9.17, 15) is 19.2 Å². The van der Waals surface area contributed by atoms with Crippen LogP contribution in [-0.4, -0.2) is 80.6 Å². The van der Waals surface area contributed by atoms with E-state index in [1.807, 2.05) is 36.4 Å². The van der Waals surface area contributed by atoms with Crippen LogP contribution in [0.25, 0.3) is 11.1 Å². The second kappa shape index (κ2) is 19.1. The number of ether oxygens (including phenoxy) is 3. The number of hydrogen-bond donors (Lipinski definition) is 4. The molecule has 11 heteroatoms. The third-order valence-electron chi connectivity index (χ3n) is 7.52. The molecule has 11 nitrogen and oxygen atoms in total. The van der Waals surface area contributed by atoms with E-state index in [0.717, 1.165) is 22.3 Å². The first-order valence-electron chi connectivity index (χ1n) is 15.6. The molecule has 0 radical (unpaired) electrons. The van der Waals surface area contributed by atoms with Crippen LogP contribution < -0.4 is 16.0 Å². The van der Waals surface area contributed by atoms with Crippen molar-refractivity contribution in [2.24, 2.45) is 5.92 Å². The van der Waals surface area contributed by atoms with Gasteiger partial charge >= 0.3 is 12.1 Å². The zero-order valence-electron chi connectivity index (χ0n) is 26.4. The molecule has 2 aromatic rings. The quantitative estimate of drug-likeness (QED) is 0.0979. The van der Waals surface area contributed by atoms with Gasteiger partial charge in [-0.25, -0.2) is 9.59 Å². The summed E-state index contributed by atoms with van der Waals surface area (Å²) in [5.41, 5.74) is 4.38. The van der Waals surface area contributed by atoms with Crippen LogP contribution in [-0.2, 0) is 28.6 Å². The molecule has 0 fully saturated rings. The number of amides is 3. The van der Waals surface area contributed by atoms with E-state index in [-0.39, 0.29) is 76.5 Å². The van der Waals surface area contributed by atoms with Crippen LogP contribution in [0.3, 0.4) is 0 Å². The minimum absolute atomic E-state index is 0.00789. The van der Waals surface area contributed by atoms with Crippen molar-refractivity contribution in [3.05, 3.63) is 85.0 Å². The van der Waals surface area contributed by atoms with Crippen molar-refractivity contribution in [1.29, 1.82) is 0 Å². The van der Waals surface area contributed by atoms with Crippen molar-refractivity contribution >= 4 is 23.9 Å². The molecular weight excluding hydrogens is 590 g/mol. The predicted octanol–water partition coefficient (Wildman–Crippen LogP) is 3.62. The van der Waals surface area contributed by atoms with Crippen molar-refractivity contribution < 1.29 is 38.5 Å². The van der Waals surface area contributed by atoms with Crippen molar-refractivity contribution in [3.63, 3.8) is 0 Å². The van der Waals surface area contributed by atoms with E-state index in [1.165, 1.54) is 0 Å². The second-order valence-electron chi connectivity index (χ2n) is 11.0. The summed E-state index contributed by atoms with van der Waals surface area (Å²) < 4.78 is 16.3. The molecule has 0 bridgehead atoms. The highest BCUT2D eigenvalue weighted by Gasteiger charge is 2.30. The molecule has 2 aromatic carbocycles. The van der Waals surface area contributed by atoms with Gasteiger partial charge in [-0.1, -0.05) is 60.7 Å². The number of esters is 1. The number of alkyl carbamates (subject to hydrolysis) is 1. The maximum absolute atomic E-state index is 13.0. The first kappa shape index (κ1) is 36.0. The van der Waals surface area contributed by atoms with Crippen LogP contribution in [0, 0.1) is 5.92 Å². The fourth-order valence-corrected chi connectivity index (χ4v) is 5.24. The first-order valence-corrected chi connectivity index (χ1v) is 15.6. The Morgan fingerprint density at radius 1 is 0.957 bits per heavy atom. The summed E-state index contributed by atoms with van der Waals surface area (Å²) in [5.74, 6) is -2.15. The van der Waals surface area contributed by atoms with Crippen LogP contribution in [0.2, 0.25) is 0 Å².